The number of benzene rings is 1. The molecule has 1 heterocycles. The highest BCUT2D eigenvalue weighted by Crippen LogP contribution is 2.31. The van der Waals surface area contributed by atoms with E-state index in [1.54, 1.807) is 4.90 Å². The number of carbonyl (C=O) groups is 1. The summed E-state index contributed by atoms with van der Waals surface area (Å²) in [5.74, 6) is 0.258. The van der Waals surface area contributed by atoms with Crippen molar-refractivity contribution in [1.82, 2.24) is 0 Å². The molecule has 19 heavy (non-hydrogen) atoms. The summed E-state index contributed by atoms with van der Waals surface area (Å²) in [6.45, 7) is 0.521. The highest BCUT2D eigenvalue weighted by Gasteiger charge is 2.32. The molecule has 1 N–H and O–H groups in total. The van der Waals surface area contributed by atoms with Crippen LogP contribution in [-0.2, 0) is 11.0 Å². The van der Waals surface area contributed by atoms with Crippen LogP contribution < -0.4 is 4.90 Å². The summed E-state index contributed by atoms with van der Waals surface area (Å²) >= 11 is 1.53. The standard InChI is InChI=1S/C12H12F3NO2S/c13-12(14,15)8-1-3-9(4-2-8)16-5-6-19-7-10(16)11(17)18/h1-4,10H,5-7H2,(H,17,18). The Morgan fingerprint density at radius 2 is 1.95 bits per heavy atom. The predicted octanol–water partition coefficient (Wildman–Crippen LogP) is 2.71. The SMILES string of the molecule is O=C(O)C1CSCCN1c1ccc(C(F)(F)F)cc1. The Labute approximate surface area is 112 Å². The quantitative estimate of drug-likeness (QED) is 0.909. The molecule has 0 bridgehead atoms. The summed E-state index contributed by atoms with van der Waals surface area (Å²) < 4.78 is 37.4. The lowest BCUT2D eigenvalue weighted by molar-refractivity contribution is -0.138. The van der Waals surface area contributed by atoms with Crippen LogP contribution in [0.4, 0.5) is 18.9 Å². The Hall–Kier alpha value is -1.37. The molecule has 0 spiro atoms. The summed E-state index contributed by atoms with van der Waals surface area (Å²) in [7, 11) is 0. The number of rotatable bonds is 2. The van der Waals surface area contributed by atoms with Gasteiger partial charge in [0.05, 0.1) is 5.56 Å². The normalized spacial score (nSPS) is 20.4. The minimum absolute atomic E-state index is 0.441. The number of alkyl halides is 3. The second kappa shape index (κ2) is 5.32. The van der Waals surface area contributed by atoms with Crippen molar-refractivity contribution < 1.29 is 23.1 Å². The van der Waals surface area contributed by atoms with E-state index in [9.17, 15) is 18.0 Å². The maximum atomic E-state index is 12.5. The zero-order chi connectivity index (χ0) is 14.0. The summed E-state index contributed by atoms with van der Waals surface area (Å²) in [5, 5.41) is 9.12. The van der Waals surface area contributed by atoms with Gasteiger partial charge in [0.15, 0.2) is 0 Å². The monoisotopic (exact) mass is 291 g/mol. The average Bonchev–Trinajstić information content (AvgIpc) is 2.38. The number of anilines is 1. The minimum atomic E-state index is -4.37. The highest BCUT2D eigenvalue weighted by molar-refractivity contribution is 7.99. The van der Waals surface area contributed by atoms with E-state index in [4.69, 9.17) is 5.11 Å². The lowest BCUT2D eigenvalue weighted by Crippen LogP contribution is -2.47. The van der Waals surface area contributed by atoms with E-state index in [1.165, 1.54) is 23.9 Å². The minimum Gasteiger partial charge on any atom is -0.480 e. The number of thioether (sulfide) groups is 1. The van der Waals surface area contributed by atoms with Crippen molar-refractivity contribution in [1.29, 1.82) is 0 Å². The second-order valence-electron chi connectivity index (χ2n) is 4.17. The van der Waals surface area contributed by atoms with E-state index in [-0.39, 0.29) is 0 Å². The second-order valence-corrected chi connectivity index (χ2v) is 5.32. The van der Waals surface area contributed by atoms with Gasteiger partial charge in [-0.15, -0.1) is 0 Å². The molecule has 7 heteroatoms. The summed E-state index contributed by atoms with van der Waals surface area (Å²) in [6, 6.07) is 3.94. The zero-order valence-electron chi connectivity index (χ0n) is 9.85. The van der Waals surface area contributed by atoms with Gasteiger partial charge >= 0.3 is 12.1 Å². The van der Waals surface area contributed by atoms with Crippen LogP contribution in [0.3, 0.4) is 0 Å². The Morgan fingerprint density at radius 3 is 2.47 bits per heavy atom. The molecule has 0 aromatic heterocycles. The fourth-order valence-electron chi connectivity index (χ4n) is 1.96. The Kier molecular flexibility index (Phi) is 3.93. The van der Waals surface area contributed by atoms with Crippen LogP contribution in [0.1, 0.15) is 5.56 Å². The molecule has 0 radical (unpaired) electrons. The predicted molar refractivity (Wildman–Crippen MR) is 67.5 cm³/mol. The van der Waals surface area contributed by atoms with Crippen LogP contribution in [0.5, 0.6) is 0 Å². The van der Waals surface area contributed by atoms with Crippen LogP contribution in [0.2, 0.25) is 0 Å². The van der Waals surface area contributed by atoms with Crippen molar-refractivity contribution >= 4 is 23.4 Å². The van der Waals surface area contributed by atoms with E-state index in [0.29, 0.717) is 18.0 Å². The van der Waals surface area contributed by atoms with E-state index in [2.05, 4.69) is 0 Å². The Bertz CT molecular complexity index is 461. The van der Waals surface area contributed by atoms with Gasteiger partial charge in [0, 0.05) is 23.7 Å². The van der Waals surface area contributed by atoms with E-state index in [1.807, 2.05) is 0 Å². The molecule has 1 aromatic carbocycles. The summed E-state index contributed by atoms with van der Waals surface area (Å²) in [4.78, 5) is 12.8. The maximum Gasteiger partial charge on any atom is 0.416 e. The van der Waals surface area contributed by atoms with Crippen LogP contribution >= 0.6 is 11.8 Å². The van der Waals surface area contributed by atoms with Crippen molar-refractivity contribution in [3.05, 3.63) is 29.8 Å². The molecule has 0 amide bonds. The fraction of sp³-hybridized carbons (Fsp3) is 0.417. The third kappa shape index (κ3) is 3.15. The van der Waals surface area contributed by atoms with Crippen LogP contribution in [0, 0.1) is 0 Å². The first kappa shape index (κ1) is 14.0. The van der Waals surface area contributed by atoms with Crippen molar-refractivity contribution in [3.8, 4) is 0 Å². The zero-order valence-corrected chi connectivity index (χ0v) is 10.7. The topological polar surface area (TPSA) is 40.5 Å². The van der Waals surface area contributed by atoms with Crippen LogP contribution in [0.15, 0.2) is 24.3 Å². The smallest absolute Gasteiger partial charge is 0.416 e. The van der Waals surface area contributed by atoms with Gasteiger partial charge in [-0.1, -0.05) is 0 Å². The summed E-state index contributed by atoms with van der Waals surface area (Å²) in [5.41, 5.74) is -0.213. The van der Waals surface area contributed by atoms with E-state index < -0.39 is 23.8 Å². The molecule has 2 rings (SSSR count). The number of hydrogen-bond acceptors (Lipinski definition) is 3. The maximum absolute atomic E-state index is 12.5. The molecule has 0 aliphatic carbocycles. The molecule has 1 fully saturated rings. The number of halogens is 3. The number of carboxylic acids is 1. The van der Waals surface area contributed by atoms with Gasteiger partial charge in [0.1, 0.15) is 6.04 Å². The van der Waals surface area contributed by atoms with Crippen LogP contribution in [0.25, 0.3) is 0 Å². The van der Waals surface area contributed by atoms with Crippen molar-refractivity contribution in [2.75, 3.05) is 23.0 Å². The lowest BCUT2D eigenvalue weighted by Gasteiger charge is -2.34. The molecule has 1 aliphatic heterocycles. The molecule has 1 saturated heterocycles. The highest BCUT2D eigenvalue weighted by atomic mass is 32.2. The largest absolute Gasteiger partial charge is 0.480 e. The first-order valence-corrected chi connectivity index (χ1v) is 6.79. The number of nitrogens with zero attached hydrogens (tertiary/aromatic N) is 1. The van der Waals surface area contributed by atoms with Crippen molar-refractivity contribution in [2.24, 2.45) is 0 Å². The van der Waals surface area contributed by atoms with Gasteiger partial charge in [-0.25, -0.2) is 4.79 Å². The Morgan fingerprint density at radius 1 is 1.32 bits per heavy atom. The molecular weight excluding hydrogens is 279 g/mol. The third-order valence-electron chi connectivity index (χ3n) is 2.94. The lowest BCUT2D eigenvalue weighted by atomic mass is 10.1. The van der Waals surface area contributed by atoms with Gasteiger partial charge in [-0.05, 0) is 24.3 Å². The van der Waals surface area contributed by atoms with Gasteiger partial charge in [-0.2, -0.15) is 24.9 Å². The Balaban J connectivity index is 2.23. The molecule has 1 aliphatic rings. The van der Waals surface area contributed by atoms with Gasteiger partial charge in [0.2, 0.25) is 0 Å². The number of hydrogen-bond donors (Lipinski definition) is 1. The average molecular weight is 291 g/mol. The van der Waals surface area contributed by atoms with Crippen LogP contribution in [-0.4, -0.2) is 35.2 Å². The van der Waals surface area contributed by atoms with Gasteiger partial charge in [-0.3, -0.25) is 0 Å². The molecule has 0 saturated carbocycles. The molecular formula is C12H12F3NO2S. The first-order valence-electron chi connectivity index (χ1n) is 5.64. The third-order valence-corrected chi connectivity index (χ3v) is 3.96. The fourth-order valence-corrected chi connectivity index (χ4v) is 3.00. The van der Waals surface area contributed by atoms with Gasteiger partial charge < -0.3 is 10.0 Å². The van der Waals surface area contributed by atoms with Crippen molar-refractivity contribution in [3.63, 3.8) is 0 Å². The van der Waals surface area contributed by atoms with E-state index in [0.717, 1.165) is 17.9 Å². The molecule has 3 nitrogen and oxygen atoms in total. The van der Waals surface area contributed by atoms with Gasteiger partial charge in [0.25, 0.3) is 0 Å². The first-order chi connectivity index (χ1) is 8.89. The molecule has 1 aromatic rings. The number of carboxylic acid groups (broad SMARTS) is 1. The van der Waals surface area contributed by atoms with Crippen molar-refractivity contribution in [2.45, 2.75) is 12.2 Å². The van der Waals surface area contributed by atoms with E-state index >= 15 is 0 Å². The molecule has 1 atom stereocenters. The summed E-state index contributed by atoms with van der Waals surface area (Å²) in [6.07, 6.45) is -4.37. The number of aliphatic carboxylic acids is 1. The molecule has 104 valence electrons. The molecule has 1 unspecified atom stereocenters.